The average molecular weight is 213 g/mol. The van der Waals surface area contributed by atoms with E-state index in [1.165, 1.54) is 0 Å². The number of esters is 1. The minimum Gasteiger partial charge on any atom is -0.461 e. The second-order valence-electron chi connectivity index (χ2n) is 2.88. The van der Waals surface area contributed by atoms with Crippen LogP contribution in [0.25, 0.3) is 0 Å². The van der Waals surface area contributed by atoms with Crippen LogP contribution < -0.4 is 0 Å². The van der Waals surface area contributed by atoms with E-state index in [0.29, 0.717) is 0 Å². The molecule has 0 atom stereocenters. The van der Waals surface area contributed by atoms with E-state index in [2.05, 4.69) is 10.2 Å². The van der Waals surface area contributed by atoms with Crippen LogP contribution in [-0.4, -0.2) is 27.7 Å². The van der Waals surface area contributed by atoms with Crippen LogP contribution in [0.2, 0.25) is 0 Å². The van der Waals surface area contributed by atoms with Gasteiger partial charge in [-0.15, -0.1) is 0 Å². The summed E-state index contributed by atoms with van der Waals surface area (Å²) in [7, 11) is 0. The number of ether oxygens (including phenoxy) is 1. The molecule has 7 heteroatoms. The molecule has 0 aliphatic heterocycles. The Morgan fingerprint density at radius 1 is 1.73 bits per heavy atom. The van der Waals surface area contributed by atoms with Gasteiger partial charge in [-0.1, -0.05) is 13.3 Å². The first-order valence-electron chi connectivity index (χ1n) is 4.51. The lowest BCUT2D eigenvalue weighted by molar-refractivity contribution is -0.385. The molecule has 1 rings (SSSR count). The molecule has 1 aromatic rings. The van der Waals surface area contributed by atoms with E-state index in [1.807, 2.05) is 6.92 Å². The van der Waals surface area contributed by atoms with Gasteiger partial charge in [0.15, 0.2) is 0 Å². The number of nitrogens with zero attached hydrogens (tertiary/aromatic N) is 2. The summed E-state index contributed by atoms with van der Waals surface area (Å²) < 4.78 is 4.80. The van der Waals surface area contributed by atoms with Crippen molar-refractivity contribution >= 4 is 11.7 Å². The Kier molecular flexibility index (Phi) is 3.78. The molecular formula is C8H11N3O4. The third-order valence-electron chi connectivity index (χ3n) is 1.75. The quantitative estimate of drug-likeness (QED) is 0.343. The monoisotopic (exact) mass is 213 g/mol. The minimum atomic E-state index is -0.743. The van der Waals surface area contributed by atoms with Gasteiger partial charge in [-0.3, -0.25) is 15.2 Å². The van der Waals surface area contributed by atoms with Crippen molar-refractivity contribution in [2.24, 2.45) is 0 Å². The maximum atomic E-state index is 11.3. The average Bonchev–Trinajstić information content (AvgIpc) is 2.66. The molecule has 0 saturated carbocycles. The number of nitrogens with one attached hydrogen (secondary N) is 1. The molecule has 0 aliphatic rings. The van der Waals surface area contributed by atoms with Gasteiger partial charge in [-0.05, 0) is 6.42 Å². The second-order valence-corrected chi connectivity index (χ2v) is 2.88. The van der Waals surface area contributed by atoms with Crippen molar-refractivity contribution in [1.82, 2.24) is 10.2 Å². The highest BCUT2D eigenvalue weighted by molar-refractivity contribution is 5.91. The first-order chi connectivity index (χ1) is 7.16. The van der Waals surface area contributed by atoms with Crippen LogP contribution in [0.4, 0.5) is 5.69 Å². The number of hydrogen-bond acceptors (Lipinski definition) is 5. The number of carbonyl (C=O) groups is 1. The molecule has 15 heavy (non-hydrogen) atoms. The zero-order valence-corrected chi connectivity index (χ0v) is 8.23. The first kappa shape index (κ1) is 11.2. The van der Waals surface area contributed by atoms with E-state index in [4.69, 9.17) is 4.74 Å². The van der Waals surface area contributed by atoms with E-state index in [9.17, 15) is 14.9 Å². The summed E-state index contributed by atoms with van der Waals surface area (Å²) in [4.78, 5) is 21.1. The van der Waals surface area contributed by atoms with Crippen LogP contribution in [0.5, 0.6) is 0 Å². The fraction of sp³-hybridized carbons (Fsp3) is 0.500. The number of unbranched alkanes of at least 4 members (excludes halogenated alkanes) is 1. The predicted octanol–water partition coefficient (Wildman–Crippen LogP) is 1.27. The summed E-state index contributed by atoms with van der Waals surface area (Å²) in [5.74, 6) is -0.743. The lowest BCUT2D eigenvalue weighted by atomic mass is 10.3. The molecule has 0 spiro atoms. The topological polar surface area (TPSA) is 98.1 Å². The van der Waals surface area contributed by atoms with Crippen LogP contribution in [0.1, 0.15) is 30.3 Å². The molecule has 0 radical (unpaired) electrons. The maximum Gasteiger partial charge on any atom is 0.363 e. The summed E-state index contributed by atoms with van der Waals surface area (Å²) in [6.07, 6.45) is 2.60. The predicted molar refractivity (Wildman–Crippen MR) is 50.4 cm³/mol. The normalized spacial score (nSPS) is 9.93. The first-order valence-corrected chi connectivity index (χ1v) is 4.51. The van der Waals surface area contributed by atoms with Gasteiger partial charge in [0, 0.05) is 0 Å². The zero-order chi connectivity index (χ0) is 11.3. The van der Waals surface area contributed by atoms with Crippen LogP contribution in [0.3, 0.4) is 0 Å². The summed E-state index contributed by atoms with van der Waals surface area (Å²) >= 11 is 0. The Labute approximate surface area is 85.6 Å². The molecule has 0 saturated heterocycles. The lowest BCUT2D eigenvalue weighted by Gasteiger charge is -2.00. The summed E-state index contributed by atoms with van der Waals surface area (Å²) in [5, 5.41) is 16.1. The Morgan fingerprint density at radius 3 is 3.07 bits per heavy atom. The largest absolute Gasteiger partial charge is 0.461 e. The van der Waals surface area contributed by atoms with Crippen molar-refractivity contribution < 1.29 is 14.5 Å². The highest BCUT2D eigenvalue weighted by atomic mass is 16.6. The Bertz CT molecular complexity index is 361. The van der Waals surface area contributed by atoms with Crippen molar-refractivity contribution in [3.8, 4) is 0 Å². The number of nitro groups is 1. The van der Waals surface area contributed by atoms with E-state index >= 15 is 0 Å². The SMILES string of the molecule is CCCCOC(=O)c1[nH]ncc1[N+](=O)[O-]. The molecule has 7 nitrogen and oxygen atoms in total. The highest BCUT2D eigenvalue weighted by Gasteiger charge is 2.23. The van der Waals surface area contributed by atoms with Crippen LogP contribution in [0.15, 0.2) is 6.20 Å². The van der Waals surface area contributed by atoms with Gasteiger partial charge in [0.1, 0.15) is 6.20 Å². The van der Waals surface area contributed by atoms with Crippen LogP contribution in [-0.2, 0) is 4.74 Å². The van der Waals surface area contributed by atoms with Crippen molar-refractivity contribution in [2.45, 2.75) is 19.8 Å². The second kappa shape index (κ2) is 5.08. The molecule has 0 aliphatic carbocycles. The fourth-order valence-corrected chi connectivity index (χ4v) is 0.950. The summed E-state index contributed by atoms with van der Waals surface area (Å²) in [6.45, 7) is 2.21. The summed E-state index contributed by atoms with van der Waals surface area (Å²) in [5.41, 5.74) is -0.576. The smallest absolute Gasteiger partial charge is 0.363 e. The van der Waals surface area contributed by atoms with E-state index in [1.54, 1.807) is 0 Å². The van der Waals surface area contributed by atoms with Crippen LogP contribution >= 0.6 is 0 Å². The van der Waals surface area contributed by atoms with Gasteiger partial charge >= 0.3 is 11.7 Å². The van der Waals surface area contributed by atoms with E-state index in [0.717, 1.165) is 19.0 Å². The van der Waals surface area contributed by atoms with Gasteiger partial charge in [0.05, 0.1) is 11.5 Å². The standard InChI is InChI=1S/C8H11N3O4/c1-2-3-4-15-8(12)7-6(11(13)14)5-9-10-7/h5H,2-4H2,1H3,(H,9,10). The molecule has 1 N–H and O–H groups in total. The Balaban J connectivity index is 2.65. The molecule has 1 aromatic heterocycles. The molecule has 0 unspecified atom stereocenters. The molecular weight excluding hydrogens is 202 g/mol. The Hall–Kier alpha value is -1.92. The molecule has 0 amide bonds. The van der Waals surface area contributed by atoms with Crippen LogP contribution in [0, 0.1) is 10.1 Å². The molecule has 0 fully saturated rings. The van der Waals surface area contributed by atoms with Crippen molar-refractivity contribution in [2.75, 3.05) is 6.61 Å². The van der Waals surface area contributed by atoms with E-state index in [-0.39, 0.29) is 18.0 Å². The van der Waals surface area contributed by atoms with Crippen molar-refractivity contribution in [3.05, 3.63) is 22.0 Å². The number of hydrogen-bond donors (Lipinski definition) is 1. The Morgan fingerprint density at radius 2 is 2.47 bits per heavy atom. The van der Waals surface area contributed by atoms with Crippen molar-refractivity contribution in [3.63, 3.8) is 0 Å². The molecule has 0 aromatic carbocycles. The lowest BCUT2D eigenvalue weighted by Crippen LogP contribution is -2.09. The third-order valence-corrected chi connectivity index (χ3v) is 1.75. The number of H-pyrrole nitrogens is 1. The van der Waals surface area contributed by atoms with E-state index < -0.39 is 10.9 Å². The van der Waals surface area contributed by atoms with Crippen molar-refractivity contribution in [1.29, 1.82) is 0 Å². The zero-order valence-electron chi connectivity index (χ0n) is 8.23. The third kappa shape index (κ3) is 2.76. The number of aromatic amines is 1. The number of carbonyl (C=O) groups excluding carboxylic acids is 1. The van der Waals surface area contributed by atoms with Gasteiger partial charge in [-0.25, -0.2) is 4.79 Å². The molecule has 82 valence electrons. The van der Waals surface area contributed by atoms with Gasteiger partial charge in [0.25, 0.3) is 0 Å². The van der Waals surface area contributed by atoms with Gasteiger partial charge in [0.2, 0.25) is 5.69 Å². The minimum absolute atomic E-state index is 0.212. The number of rotatable bonds is 5. The van der Waals surface area contributed by atoms with Gasteiger partial charge < -0.3 is 4.74 Å². The number of aromatic nitrogens is 2. The maximum absolute atomic E-state index is 11.3. The highest BCUT2D eigenvalue weighted by Crippen LogP contribution is 2.15. The fourth-order valence-electron chi connectivity index (χ4n) is 0.950. The van der Waals surface area contributed by atoms with Gasteiger partial charge in [-0.2, -0.15) is 5.10 Å². The summed E-state index contributed by atoms with van der Waals surface area (Å²) in [6, 6.07) is 0. The molecule has 0 bridgehead atoms. The molecule has 1 heterocycles.